The Kier molecular flexibility index (Phi) is 3.18. The Bertz CT molecular complexity index is 639. The molecule has 1 aromatic carbocycles. The third kappa shape index (κ3) is 2.38. The topological polar surface area (TPSA) is 48.1 Å². The summed E-state index contributed by atoms with van der Waals surface area (Å²) < 4.78 is 43.0. The summed E-state index contributed by atoms with van der Waals surface area (Å²) in [5.41, 5.74) is 7.84. The van der Waals surface area contributed by atoms with Gasteiger partial charge in [0.25, 0.3) is 0 Å². The molecule has 0 fully saturated rings. The standard InChI is InChI=1S/C13H11F3N2OS/c14-13(15,16)12-18-6-10(20-12)11(17)8-1-2-9-7(5-8)3-4-19-9/h1-2,5-6,11H,3-4,17H2. The van der Waals surface area contributed by atoms with E-state index in [4.69, 9.17) is 10.5 Å². The number of aromatic nitrogens is 1. The summed E-state index contributed by atoms with van der Waals surface area (Å²) in [7, 11) is 0. The summed E-state index contributed by atoms with van der Waals surface area (Å²) in [6, 6.07) is 4.87. The fraction of sp³-hybridized carbons (Fsp3) is 0.308. The van der Waals surface area contributed by atoms with Crippen molar-refractivity contribution in [3.05, 3.63) is 45.4 Å². The summed E-state index contributed by atoms with van der Waals surface area (Å²) in [4.78, 5) is 3.79. The number of alkyl halides is 3. The van der Waals surface area contributed by atoms with Crippen LogP contribution in [0.3, 0.4) is 0 Å². The predicted molar refractivity (Wildman–Crippen MR) is 68.8 cm³/mol. The van der Waals surface area contributed by atoms with Crippen LogP contribution in [-0.4, -0.2) is 11.6 Å². The van der Waals surface area contributed by atoms with Crippen LogP contribution in [0, 0.1) is 0 Å². The van der Waals surface area contributed by atoms with E-state index in [0.29, 0.717) is 22.8 Å². The Morgan fingerprint density at radius 2 is 2.15 bits per heavy atom. The molecule has 0 aliphatic carbocycles. The molecule has 1 unspecified atom stereocenters. The van der Waals surface area contributed by atoms with Crippen LogP contribution in [0.1, 0.15) is 27.1 Å². The molecule has 2 N–H and O–H groups in total. The zero-order valence-electron chi connectivity index (χ0n) is 10.3. The van der Waals surface area contributed by atoms with Crippen molar-refractivity contribution < 1.29 is 17.9 Å². The second kappa shape index (κ2) is 4.75. The first-order valence-corrected chi connectivity index (χ1v) is 6.81. The van der Waals surface area contributed by atoms with E-state index in [1.807, 2.05) is 12.1 Å². The summed E-state index contributed by atoms with van der Waals surface area (Å²) in [6.45, 7) is 0.632. The van der Waals surface area contributed by atoms with Crippen molar-refractivity contribution in [2.75, 3.05) is 6.61 Å². The lowest BCUT2D eigenvalue weighted by Crippen LogP contribution is -2.10. The van der Waals surface area contributed by atoms with E-state index in [2.05, 4.69) is 4.98 Å². The number of thiazole rings is 1. The van der Waals surface area contributed by atoms with Crippen LogP contribution in [0.25, 0.3) is 0 Å². The van der Waals surface area contributed by atoms with Crippen LogP contribution in [0.15, 0.2) is 24.4 Å². The molecule has 0 amide bonds. The van der Waals surface area contributed by atoms with Crippen molar-refractivity contribution in [2.24, 2.45) is 5.73 Å². The number of fused-ring (bicyclic) bond motifs is 1. The lowest BCUT2D eigenvalue weighted by molar-refractivity contribution is -0.137. The van der Waals surface area contributed by atoms with Crippen LogP contribution in [0.4, 0.5) is 13.2 Å². The number of hydrogen-bond donors (Lipinski definition) is 1. The zero-order chi connectivity index (χ0) is 14.3. The molecule has 3 rings (SSSR count). The molecular weight excluding hydrogens is 289 g/mol. The molecule has 2 heterocycles. The van der Waals surface area contributed by atoms with Gasteiger partial charge in [0.1, 0.15) is 5.75 Å². The van der Waals surface area contributed by atoms with Crippen molar-refractivity contribution in [1.29, 1.82) is 0 Å². The number of ether oxygens (including phenoxy) is 1. The van der Waals surface area contributed by atoms with Gasteiger partial charge in [0.15, 0.2) is 5.01 Å². The van der Waals surface area contributed by atoms with Crippen LogP contribution >= 0.6 is 11.3 Å². The maximum absolute atomic E-state index is 12.5. The molecule has 0 spiro atoms. The minimum Gasteiger partial charge on any atom is -0.493 e. The van der Waals surface area contributed by atoms with Gasteiger partial charge in [0.2, 0.25) is 0 Å². The van der Waals surface area contributed by atoms with E-state index in [1.165, 1.54) is 6.20 Å². The molecule has 0 radical (unpaired) electrons. The van der Waals surface area contributed by atoms with Gasteiger partial charge in [-0.15, -0.1) is 11.3 Å². The lowest BCUT2D eigenvalue weighted by Gasteiger charge is -2.11. The number of nitrogens with two attached hydrogens (primary N) is 1. The van der Waals surface area contributed by atoms with Crippen molar-refractivity contribution in [3.63, 3.8) is 0 Å². The second-order valence-corrected chi connectivity index (χ2v) is 5.57. The summed E-state index contributed by atoms with van der Waals surface area (Å²) in [5.74, 6) is 0.821. The van der Waals surface area contributed by atoms with E-state index in [0.717, 1.165) is 23.3 Å². The summed E-state index contributed by atoms with van der Waals surface area (Å²) in [5, 5.41) is -0.868. The van der Waals surface area contributed by atoms with E-state index < -0.39 is 17.2 Å². The van der Waals surface area contributed by atoms with Crippen LogP contribution in [0.2, 0.25) is 0 Å². The normalized spacial score (nSPS) is 15.8. The Hall–Kier alpha value is -1.60. The lowest BCUT2D eigenvalue weighted by atomic mass is 10.0. The van der Waals surface area contributed by atoms with Gasteiger partial charge in [-0.2, -0.15) is 13.2 Å². The number of rotatable bonds is 2. The molecule has 2 aromatic rings. The van der Waals surface area contributed by atoms with E-state index in [1.54, 1.807) is 6.07 Å². The molecule has 1 atom stereocenters. The minimum atomic E-state index is -4.42. The third-order valence-electron chi connectivity index (χ3n) is 3.15. The maximum atomic E-state index is 12.5. The Labute approximate surface area is 117 Å². The highest BCUT2D eigenvalue weighted by molar-refractivity contribution is 7.11. The highest BCUT2D eigenvalue weighted by atomic mass is 32.1. The quantitative estimate of drug-likeness (QED) is 0.927. The first-order chi connectivity index (χ1) is 9.45. The molecule has 20 heavy (non-hydrogen) atoms. The summed E-state index contributed by atoms with van der Waals surface area (Å²) in [6.07, 6.45) is -2.43. The molecule has 1 aromatic heterocycles. The first kappa shape index (κ1) is 13.4. The van der Waals surface area contributed by atoms with Crippen molar-refractivity contribution in [1.82, 2.24) is 4.98 Å². The number of benzene rings is 1. The van der Waals surface area contributed by atoms with E-state index >= 15 is 0 Å². The first-order valence-electron chi connectivity index (χ1n) is 5.99. The fourth-order valence-electron chi connectivity index (χ4n) is 2.13. The van der Waals surface area contributed by atoms with Crippen LogP contribution in [0.5, 0.6) is 5.75 Å². The SMILES string of the molecule is NC(c1ccc2c(c1)CCO2)c1cnc(C(F)(F)F)s1. The fourth-order valence-corrected chi connectivity index (χ4v) is 2.94. The van der Waals surface area contributed by atoms with E-state index in [-0.39, 0.29) is 0 Å². The third-order valence-corrected chi connectivity index (χ3v) is 4.27. The highest BCUT2D eigenvalue weighted by Crippen LogP contribution is 2.36. The van der Waals surface area contributed by atoms with Crippen LogP contribution < -0.4 is 10.5 Å². The van der Waals surface area contributed by atoms with Crippen LogP contribution in [-0.2, 0) is 12.6 Å². The van der Waals surface area contributed by atoms with Crippen molar-refractivity contribution >= 4 is 11.3 Å². The maximum Gasteiger partial charge on any atom is 0.443 e. The summed E-state index contributed by atoms with van der Waals surface area (Å²) >= 11 is 0.584. The highest BCUT2D eigenvalue weighted by Gasteiger charge is 2.35. The van der Waals surface area contributed by atoms with Gasteiger partial charge in [0.05, 0.1) is 12.6 Å². The van der Waals surface area contributed by atoms with Crippen molar-refractivity contribution in [2.45, 2.75) is 18.6 Å². The van der Waals surface area contributed by atoms with Gasteiger partial charge in [-0.3, -0.25) is 0 Å². The average Bonchev–Trinajstić information content (AvgIpc) is 3.05. The average molecular weight is 300 g/mol. The zero-order valence-corrected chi connectivity index (χ0v) is 11.1. The molecule has 0 saturated carbocycles. The molecule has 106 valence electrons. The molecule has 0 bridgehead atoms. The van der Waals surface area contributed by atoms with Crippen molar-refractivity contribution in [3.8, 4) is 5.75 Å². The monoisotopic (exact) mass is 300 g/mol. The number of hydrogen-bond acceptors (Lipinski definition) is 4. The second-order valence-electron chi connectivity index (χ2n) is 4.51. The van der Waals surface area contributed by atoms with Gasteiger partial charge in [-0.1, -0.05) is 12.1 Å². The minimum absolute atomic E-state index is 0.399. The molecule has 1 aliphatic heterocycles. The van der Waals surface area contributed by atoms with E-state index in [9.17, 15) is 13.2 Å². The Morgan fingerprint density at radius 3 is 2.85 bits per heavy atom. The molecule has 1 aliphatic rings. The molecule has 3 nitrogen and oxygen atoms in total. The van der Waals surface area contributed by atoms with Gasteiger partial charge < -0.3 is 10.5 Å². The Balaban J connectivity index is 1.89. The van der Waals surface area contributed by atoms with Gasteiger partial charge in [0, 0.05) is 17.5 Å². The molecule has 0 saturated heterocycles. The van der Waals surface area contributed by atoms with Gasteiger partial charge in [-0.05, 0) is 17.2 Å². The predicted octanol–water partition coefficient (Wildman–Crippen LogP) is 3.14. The molecule has 7 heteroatoms. The Morgan fingerprint density at radius 1 is 1.35 bits per heavy atom. The smallest absolute Gasteiger partial charge is 0.443 e. The number of nitrogens with zero attached hydrogens (tertiary/aromatic N) is 1. The largest absolute Gasteiger partial charge is 0.493 e. The van der Waals surface area contributed by atoms with Gasteiger partial charge >= 0.3 is 6.18 Å². The van der Waals surface area contributed by atoms with Gasteiger partial charge in [-0.25, -0.2) is 4.98 Å². The molecular formula is C13H11F3N2OS. The number of halogens is 3.